The van der Waals surface area contributed by atoms with Crippen molar-refractivity contribution in [2.24, 2.45) is 0 Å². The molecule has 0 spiro atoms. The molecule has 4 nitrogen and oxygen atoms in total. The normalized spacial score (nSPS) is 11.2. The fourth-order valence-corrected chi connectivity index (χ4v) is 1.37. The SMILES string of the molecule is CN(CCOc1ccccc1F)C(=O)COC(C)(C)C. The van der Waals surface area contributed by atoms with Crippen LogP contribution in [0.25, 0.3) is 0 Å². The van der Waals surface area contributed by atoms with E-state index in [1.165, 1.54) is 11.0 Å². The molecule has 0 aliphatic heterocycles. The van der Waals surface area contributed by atoms with Crippen molar-refractivity contribution in [1.29, 1.82) is 0 Å². The summed E-state index contributed by atoms with van der Waals surface area (Å²) >= 11 is 0. The molecular formula is C15H22FNO3. The molecule has 112 valence electrons. The Hall–Kier alpha value is -1.62. The Balaban J connectivity index is 2.31. The van der Waals surface area contributed by atoms with E-state index in [1.54, 1.807) is 25.2 Å². The van der Waals surface area contributed by atoms with Crippen molar-refractivity contribution in [3.05, 3.63) is 30.1 Å². The van der Waals surface area contributed by atoms with Crippen molar-refractivity contribution in [2.75, 3.05) is 26.8 Å². The summed E-state index contributed by atoms with van der Waals surface area (Å²) < 4.78 is 24.0. The van der Waals surface area contributed by atoms with Crippen molar-refractivity contribution in [3.63, 3.8) is 0 Å². The van der Waals surface area contributed by atoms with E-state index in [9.17, 15) is 9.18 Å². The van der Waals surface area contributed by atoms with E-state index in [0.29, 0.717) is 6.54 Å². The molecule has 0 saturated heterocycles. The van der Waals surface area contributed by atoms with Gasteiger partial charge in [0.15, 0.2) is 11.6 Å². The van der Waals surface area contributed by atoms with E-state index < -0.39 is 5.82 Å². The first-order chi connectivity index (χ1) is 9.29. The first-order valence-electron chi connectivity index (χ1n) is 6.55. The van der Waals surface area contributed by atoms with Crippen LogP contribution < -0.4 is 4.74 Å². The smallest absolute Gasteiger partial charge is 0.248 e. The average molecular weight is 283 g/mol. The number of hydrogen-bond donors (Lipinski definition) is 0. The molecule has 1 rings (SSSR count). The quantitative estimate of drug-likeness (QED) is 0.805. The summed E-state index contributed by atoms with van der Waals surface area (Å²) in [5.41, 5.74) is -0.347. The molecule has 1 amide bonds. The highest BCUT2D eigenvalue weighted by Gasteiger charge is 2.15. The highest BCUT2D eigenvalue weighted by atomic mass is 19.1. The molecular weight excluding hydrogens is 261 g/mol. The topological polar surface area (TPSA) is 38.8 Å². The number of amides is 1. The standard InChI is InChI=1S/C15H22FNO3/c1-15(2,3)20-11-14(18)17(4)9-10-19-13-8-6-5-7-12(13)16/h5-8H,9-11H2,1-4H3. The fourth-order valence-electron chi connectivity index (χ4n) is 1.37. The molecule has 20 heavy (non-hydrogen) atoms. The van der Waals surface area contributed by atoms with Crippen molar-refractivity contribution in [3.8, 4) is 5.75 Å². The summed E-state index contributed by atoms with van der Waals surface area (Å²) in [6.45, 7) is 6.31. The van der Waals surface area contributed by atoms with E-state index in [4.69, 9.17) is 9.47 Å². The van der Waals surface area contributed by atoms with E-state index in [1.807, 2.05) is 20.8 Å². The van der Waals surface area contributed by atoms with Gasteiger partial charge in [0.05, 0.1) is 12.1 Å². The van der Waals surface area contributed by atoms with Gasteiger partial charge in [-0.3, -0.25) is 4.79 Å². The van der Waals surface area contributed by atoms with Gasteiger partial charge < -0.3 is 14.4 Å². The summed E-state index contributed by atoms with van der Waals surface area (Å²) in [6.07, 6.45) is 0. The molecule has 0 radical (unpaired) electrons. The molecule has 5 heteroatoms. The maximum absolute atomic E-state index is 13.3. The third kappa shape index (κ3) is 6.02. The first-order valence-corrected chi connectivity index (χ1v) is 6.55. The second-order valence-corrected chi connectivity index (χ2v) is 5.50. The van der Waals surface area contributed by atoms with Gasteiger partial charge in [-0.2, -0.15) is 0 Å². The number of hydrogen-bond acceptors (Lipinski definition) is 3. The highest BCUT2D eigenvalue weighted by molar-refractivity contribution is 5.77. The lowest BCUT2D eigenvalue weighted by molar-refractivity contribution is -0.140. The fraction of sp³-hybridized carbons (Fsp3) is 0.533. The number of ether oxygens (including phenoxy) is 2. The van der Waals surface area contributed by atoms with E-state index in [0.717, 1.165) is 0 Å². The second-order valence-electron chi connectivity index (χ2n) is 5.50. The van der Waals surface area contributed by atoms with Crippen LogP contribution in [-0.4, -0.2) is 43.2 Å². The summed E-state index contributed by atoms with van der Waals surface area (Å²) in [5, 5.41) is 0. The Kier molecular flexibility index (Phi) is 5.95. The minimum atomic E-state index is -0.405. The molecule has 0 bridgehead atoms. The Morgan fingerprint density at radius 3 is 2.55 bits per heavy atom. The Labute approximate surface area is 119 Å². The average Bonchev–Trinajstić information content (AvgIpc) is 2.37. The van der Waals surface area contributed by atoms with Crippen LogP contribution in [0.4, 0.5) is 4.39 Å². The van der Waals surface area contributed by atoms with Crippen LogP contribution in [0.2, 0.25) is 0 Å². The molecule has 0 heterocycles. The second kappa shape index (κ2) is 7.24. The van der Waals surface area contributed by atoms with Gasteiger partial charge >= 0.3 is 0 Å². The number of para-hydroxylation sites is 1. The van der Waals surface area contributed by atoms with Gasteiger partial charge in [-0.15, -0.1) is 0 Å². The van der Waals surface area contributed by atoms with Crippen molar-refractivity contribution in [2.45, 2.75) is 26.4 Å². The summed E-state index contributed by atoms with van der Waals surface area (Å²) in [4.78, 5) is 13.3. The van der Waals surface area contributed by atoms with E-state index in [-0.39, 0.29) is 30.5 Å². The minimum absolute atomic E-state index is 0.0275. The number of benzene rings is 1. The van der Waals surface area contributed by atoms with Gasteiger partial charge in [0.25, 0.3) is 0 Å². The largest absolute Gasteiger partial charge is 0.489 e. The minimum Gasteiger partial charge on any atom is -0.489 e. The van der Waals surface area contributed by atoms with Gasteiger partial charge in [-0.05, 0) is 32.9 Å². The maximum atomic E-state index is 13.3. The van der Waals surface area contributed by atoms with E-state index in [2.05, 4.69) is 0 Å². The molecule has 0 saturated carbocycles. The first kappa shape index (κ1) is 16.4. The monoisotopic (exact) mass is 283 g/mol. The molecule has 0 aliphatic carbocycles. The molecule has 0 N–H and O–H groups in total. The third-order valence-electron chi connectivity index (χ3n) is 2.58. The highest BCUT2D eigenvalue weighted by Crippen LogP contribution is 2.15. The predicted octanol–water partition coefficient (Wildman–Crippen LogP) is 2.48. The molecule has 0 aliphatic rings. The zero-order valence-corrected chi connectivity index (χ0v) is 12.5. The summed E-state index contributed by atoms with van der Waals surface area (Å²) in [6, 6.07) is 6.19. The number of carbonyl (C=O) groups is 1. The van der Waals surface area contributed by atoms with Crippen LogP contribution in [0.3, 0.4) is 0 Å². The molecule has 0 unspecified atom stereocenters. The van der Waals surface area contributed by atoms with Gasteiger partial charge in [0, 0.05) is 7.05 Å². The number of carbonyl (C=O) groups excluding carboxylic acids is 1. The third-order valence-corrected chi connectivity index (χ3v) is 2.58. The van der Waals surface area contributed by atoms with Crippen LogP contribution >= 0.6 is 0 Å². The molecule has 0 fully saturated rings. The Morgan fingerprint density at radius 1 is 1.30 bits per heavy atom. The van der Waals surface area contributed by atoms with Crippen LogP contribution in [0.1, 0.15) is 20.8 Å². The number of rotatable bonds is 6. The van der Waals surface area contributed by atoms with Gasteiger partial charge in [0.1, 0.15) is 13.2 Å². The Morgan fingerprint density at radius 2 is 1.95 bits per heavy atom. The van der Waals surface area contributed by atoms with Gasteiger partial charge in [0.2, 0.25) is 5.91 Å². The van der Waals surface area contributed by atoms with Gasteiger partial charge in [-0.25, -0.2) is 4.39 Å². The summed E-state index contributed by atoms with van der Waals surface area (Å²) in [7, 11) is 1.67. The summed E-state index contributed by atoms with van der Waals surface area (Å²) in [5.74, 6) is -0.339. The lowest BCUT2D eigenvalue weighted by Gasteiger charge is -2.22. The Bertz CT molecular complexity index is 443. The van der Waals surface area contributed by atoms with Crippen LogP contribution in [0.15, 0.2) is 24.3 Å². The number of likely N-dealkylation sites (N-methyl/N-ethyl adjacent to an activating group) is 1. The number of nitrogens with zero attached hydrogens (tertiary/aromatic N) is 1. The lowest BCUT2D eigenvalue weighted by atomic mass is 10.2. The van der Waals surface area contributed by atoms with Crippen molar-refractivity contribution in [1.82, 2.24) is 4.90 Å². The zero-order chi connectivity index (χ0) is 15.2. The molecule has 1 aromatic carbocycles. The van der Waals surface area contributed by atoms with Crippen LogP contribution in [0.5, 0.6) is 5.75 Å². The lowest BCUT2D eigenvalue weighted by Crippen LogP contribution is -2.36. The predicted molar refractivity (Wildman–Crippen MR) is 75.2 cm³/mol. The molecule has 0 aromatic heterocycles. The molecule has 1 aromatic rings. The van der Waals surface area contributed by atoms with Crippen LogP contribution in [-0.2, 0) is 9.53 Å². The van der Waals surface area contributed by atoms with Gasteiger partial charge in [-0.1, -0.05) is 12.1 Å². The molecule has 0 atom stereocenters. The maximum Gasteiger partial charge on any atom is 0.248 e. The van der Waals surface area contributed by atoms with Crippen molar-refractivity contribution >= 4 is 5.91 Å². The van der Waals surface area contributed by atoms with Crippen LogP contribution in [0, 0.1) is 5.82 Å². The van der Waals surface area contributed by atoms with Crippen molar-refractivity contribution < 1.29 is 18.7 Å². The zero-order valence-electron chi connectivity index (χ0n) is 12.5. The van der Waals surface area contributed by atoms with E-state index >= 15 is 0 Å². The number of halogens is 1.